The Morgan fingerprint density at radius 2 is 2.04 bits per heavy atom. The molecular formula is C19H23ClN2OS. The zero-order valence-corrected chi connectivity index (χ0v) is 15.6. The summed E-state index contributed by atoms with van der Waals surface area (Å²) in [7, 11) is 1.91. The Kier molecular flexibility index (Phi) is 5.90. The van der Waals surface area contributed by atoms with Gasteiger partial charge in [-0.15, -0.1) is 11.3 Å². The Balaban J connectivity index is 1.59. The molecule has 1 fully saturated rings. The zero-order chi connectivity index (χ0) is 16.9. The standard InChI is InChI=1S/C19H23ClN2OS/c1-22(12-14-7-3-2-4-8-14)18(23)11-15-13-24-19(21-15)16-9-5-6-10-17(16)20/h5-6,9-10,13-14H,2-4,7-8,11-12H2,1H3. The van der Waals surface area contributed by atoms with Crippen LogP contribution in [0.1, 0.15) is 37.8 Å². The van der Waals surface area contributed by atoms with E-state index in [4.69, 9.17) is 11.6 Å². The largest absolute Gasteiger partial charge is 0.345 e. The predicted molar refractivity (Wildman–Crippen MR) is 100 cm³/mol. The number of hydrogen-bond acceptors (Lipinski definition) is 3. The Bertz CT molecular complexity index is 694. The van der Waals surface area contributed by atoms with E-state index in [-0.39, 0.29) is 5.91 Å². The summed E-state index contributed by atoms with van der Waals surface area (Å²) >= 11 is 7.76. The minimum absolute atomic E-state index is 0.150. The fraction of sp³-hybridized carbons (Fsp3) is 0.474. The normalized spacial score (nSPS) is 15.4. The maximum atomic E-state index is 12.5. The van der Waals surface area contributed by atoms with Crippen LogP contribution >= 0.6 is 22.9 Å². The second kappa shape index (κ2) is 8.13. The Labute approximate surface area is 152 Å². The van der Waals surface area contributed by atoms with Crippen LogP contribution in [-0.4, -0.2) is 29.4 Å². The molecule has 0 saturated heterocycles. The van der Waals surface area contributed by atoms with E-state index in [1.807, 2.05) is 41.6 Å². The highest BCUT2D eigenvalue weighted by Gasteiger charge is 2.19. The summed E-state index contributed by atoms with van der Waals surface area (Å²) in [6.07, 6.45) is 6.83. The molecule has 5 heteroatoms. The van der Waals surface area contributed by atoms with E-state index in [9.17, 15) is 4.79 Å². The first kappa shape index (κ1) is 17.4. The van der Waals surface area contributed by atoms with Crippen LogP contribution in [0, 0.1) is 5.92 Å². The fourth-order valence-corrected chi connectivity index (χ4v) is 4.44. The number of carbonyl (C=O) groups excluding carboxylic acids is 1. The summed E-state index contributed by atoms with van der Waals surface area (Å²) in [5.74, 6) is 0.818. The number of nitrogens with zero attached hydrogens (tertiary/aromatic N) is 2. The average molecular weight is 363 g/mol. The summed E-state index contributed by atoms with van der Waals surface area (Å²) in [5.41, 5.74) is 1.76. The van der Waals surface area contributed by atoms with Crippen LogP contribution in [0.15, 0.2) is 29.6 Å². The van der Waals surface area contributed by atoms with Crippen molar-refractivity contribution in [2.24, 2.45) is 5.92 Å². The lowest BCUT2D eigenvalue weighted by atomic mass is 9.89. The van der Waals surface area contributed by atoms with E-state index < -0.39 is 0 Å². The third-order valence-corrected chi connectivity index (χ3v) is 5.92. The van der Waals surface area contributed by atoms with E-state index in [1.165, 1.54) is 43.4 Å². The molecule has 1 aliphatic rings. The molecule has 3 nitrogen and oxygen atoms in total. The first-order valence-corrected chi connectivity index (χ1v) is 9.82. The van der Waals surface area contributed by atoms with Gasteiger partial charge in [-0.2, -0.15) is 0 Å². The van der Waals surface area contributed by atoms with Crippen molar-refractivity contribution in [3.63, 3.8) is 0 Å². The van der Waals surface area contributed by atoms with E-state index in [2.05, 4.69) is 4.98 Å². The third kappa shape index (κ3) is 4.37. The number of carbonyl (C=O) groups is 1. The van der Waals surface area contributed by atoms with Crippen molar-refractivity contribution in [3.05, 3.63) is 40.4 Å². The van der Waals surface area contributed by atoms with E-state index in [1.54, 1.807) is 0 Å². The summed E-state index contributed by atoms with van der Waals surface area (Å²) < 4.78 is 0. The molecule has 24 heavy (non-hydrogen) atoms. The van der Waals surface area contributed by atoms with E-state index in [0.29, 0.717) is 17.4 Å². The van der Waals surface area contributed by atoms with Crippen molar-refractivity contribution in [1.82, 2.24) is 9.88 Å². The topological polar surface area (TPSA) is 33.2 Å². The van der Waals surface area contributed by atoms with Crippen molar-refractivity contribution in [3.8, 4) is 10.6 Å². The van der Waals surface area contributed by atoms with Crippen LogP contribution in [0.2, 0.25) is 5.02 Å². The molecule has 0 atom stereocenters. The lowest BCUT2D eigenvalue weighted by Gasteiger charge is -2.27. The van der Waals surface area contributed by atoms with Gasteiger partial charge < -0.3 is 4.90 Å². The number of rotatable bonds is 5. The van der Waals surface area contributed by atoms with Gasteiger partial charge in [-0.25, -0.2) is 4.98 Å². The van der Waals surface area contributed by atoms with Gasteiger partial charge in [0.05, 0.1) is 17.1 Å². The van der Waals surface area contributed by atoms with Crippen LogP contribution in [0.3, 0.4) is 0 Å². The third-order valence-electron chi connectivity index (χ3n) is 4.67. The molecule has 0 spiro atoms. The monoisotopic (exact) mass is 362 g/mol. The van der Waals surface area contributed by atoms with Gasteiger partial charge in [0, 0.05) is 24.5 Å². The number of benzene rings is 1. The van der Waals surface area contributed by atoms with E-state index in [0.717, 1.165) is 22.8 Å². The van der Waals surface area contributed by atoms with Gasteiger partial charge in [0.1, 0.15) is 5.01 Å². The van der Waals surface area contributed by atoms with Crippen LogP contribution in [0.4, 0.5) is 0 Å². The van der Waals surface area contributed by atoms with Crippen molar-refractivity contribution in [2.75, 3.05) is 13.6 Å². The SMILES string of the molecule is CN(CC1CCCCC1)C(=O)Cc1csc(-c2ccccc2Cl)n1. The molecule has 0 unspecified atom stereocenters. The molecule has 128 valence electrons. The minimum atomic E-state index is 0.150. The fourth-order valence-electron chi connectivity index (χ4n) is 3.30. The maximum absolute atomic E-state index is 12.5. The highest BCUT2D eigenvalue weighted by molar-refractivity contribution is 7.13. The van der Waals surface area contributed by atoms with Gasteiger partial charge in [0.15, 0.2) is 0 Å². The average Bonchev–Trinajstić information content (AvgIpc) is 3.04. The number of hydrogen-bond donors (Lipinski definition) is 0. The number of likely N-dealkylation sites (N-methyl/N-ethyl adjacent to an activating group) is 1. The summed E-state index contributed by atoms with van der Waals surface area (Å²) in [5, 5.41) is 3.53. The molecule has 0 N–H and O–H groups in total. The molecule has 1 aromatic carbocycles. The number of thiazole rings is 1. The zero-order valence-electron chi connectivity index (χ0n) is 14.0. The summed E-state index contributed by atoms with van der Waals surface area (Å²) in [4.78, 5) is 18.9. The summed E-state index contributed by atoms with van der Waals surface area (Å²) in [6.45, 7) is 0.875. The van der Waals surface area contributed by atoms with Crippen molar-refractivity contribution in [1.29, 1.82) is 0 Å². The Morgan fingerprint density at radius 3 is 2.79 bits per heavy atom. The van der Waals surface area contributed by atoms with Crippen molar-refractivity contribution >= 4 is 28.8 Å². The van der Waals surface area contributed by atoms with Gasteiger partial charge in [-0.05, 0) is 24.8 Å². The van der Waals surface area contributed by atoms with Gasteiger partial charge in [-0.1, -0.05) is 49.1 Å². The lowest BCUT2D eigenvalue weighted by Crippen LogP contribution is -2.33. The predicted octanol–water partition coefficient (Wildman–Crippen LogP) is 5.04. The molecule has 1 amide bonds. The minimum Gasteiger partial charge on any atom is -0.345 e. The van der Waals surface area contributed by atoms with Gasteiger partial charge in [0.25, 0.3) is 0 Å². The molecule has 0 bridgehead atoms. The number of aromatic nitrogens is 1. The second-order valence-electron chi connectivity index (χ2n) is 6.58. The highest BCUT2D eigenvalue weighted by atomic mass is 35.5. The number of amides is 1. The first-order chi connectivity index (χ1) is 11.6. The van der Waals surface area contributed by atoms with Crippen molar-refractivity contribution in [2.45, 2.75) is 38.5 Å². The Morgan fingerprint density at radius 1 is 1.29 bits per heavy atom. The Hall–Kier alpha value is -1.39. The maximum Gasteiger partial charge on any atom is 0.228 e. The smallest absolute Gasteiger partial charge is 0.228 e. The molecule has 0 aliphatic heterocycles. The molecule has 2 aromatic rings. The van der Waals surface area contributed by atoms with Gasteiger partial charge in [0.2, 0.25) is 5.91 Å². The molecule has 1 aliphatic carbocycles. The van der Waals surface area contributed by atoms with Crippen LogP contribution < -0.4 is 0 Å². The van der Waals surface area contributed by atoms with Gasteiger partial charge >= 0.3 is 0 Å². The van der Waals surface area contributed by atoms with Crippen molar-refractivity contribution < 1.29 is 4.79 Å². The highest BCUT2D eigenvalue weighted by Crippen LogP contribution is 2.30. The van der Waals surface area contributed by atoms with Gasteiger partial charge in [-0.3, -0.25) is 4.79 Å². The van der Waals surface area contributed by atoms with Crippen LogP contribution in [0.5, 0.6) is 0 Å². The second-order valence-corrected chi connectivity index (χ2v) is 7.84. The molecule has 0 radical (unpaired) electrons. The van der Waals surface area contributed by atoms with Crippen LogP contribution in [-0.2, 0) is 11.2 Å². The van der Waals surface area contributed by atoms with E-state index >= 15 is 0 Å². The molecule has 1 saturated carbocycles. The number of halogens is 1. The first-order valence-electron chi connectivity index (χ1n) is 8.57. The molecule has 1 aromatic heterocycles. The summed E-state index contributed by atoms with van der Waals surface area (Å²) in [6, 6.07) is 7.68. The quantitative estimate of drug-likeness (QED) is 0.746. The lowest BCUT2D eigenvalue weighted by molar-refractivity contribution is -0.129. The van der Waals surface area contributed by atoms with Crippen LogP contribution in [0.25, 0.3) is 10.6 Å². The molecular weight excluding hydrogens is 340 g/mol. The molecule has 1 heterocycles. The molecule has 3 rings (SSSR count).